The summed E-state index contributed by atoms with van der Waals surface area (Å²) >= 11 is 5.37. The summed E-state index contributed by atoms with van der Waals surface area (Å²) < 4.78 is 31.3. The van der Waals surface area contributed by atoms with Gasteiger partial charge in [-0.3, -0.25) is 0 Å². The zero-order valence-corrected chi connectivity index (χ0v) is 8.83. The van der Waals surface area contributed by atoms with Crippen molar-refractivity contribution in [2.24, 2.45) is 0 Å². The summed E-state index contributed by atoms with van der Waals surface area (Å²) in [6.45, 7) is 0. The van der Waals surface area contributed by atoms with Gasteiger partial charge in [0.2, 0.25) is 5.89 Å². The van der Waals surface area contributed by atoms with E-state index in [4.69, 9.17) is 21.1 Å². The number of aromatic nitrogens is 1. The maximum absolute atomic E-state index is 13.4. The van der Waals surface area contributed by atoms with Gasteiger partial charge in [-0.1, -0.05) is 11.6 Å². The molecule has 2 aromatic rings. The molecule has 0 aliphatic rings. The molecule has 1 aromatic carbocycles. The number of aromatic carboxylic acids is 1. The molecule has 0 bridgehead atoms. The zero-order chi connectivity index (χ0) is 12.6. The molecular weight excluding hydrogens is 256 g/mol. The minimum Gasteiger partial charge on any atom is -0.476 e. The van der Waals surface area contributed by atoms with Crippen molar-refractivity contribution in [2.45, 2.75) is 0 Å². The molecule has 0 saturated carbocycles. The predicted octanol–water partition coefficient (Wildman–Crippen LogP) is 2.97. The van der Waals surface area contributed by atoms with E-state index >= 15 is 0 Å². The van der Waals surface area contributed by atoms with Gasteiger partial charge in [-0.05, 0) is 12.1 Å². The number of carbonyl (C=O) groups is 1. The van der Waals surface area contributed by atoms with Crippen molar-refractivity contribution in [2.75, 3.05) is 0 Å². The van der Waals surface area contributed by atoms with Crippen LogP contribution in [0.1, 0.15) is 10.5 Å². The Hall–Kier alpha value is -1.95. The van der Waals surface area contributed by atoms with E-state index in [1.807, 2.05) is 0 Å². The molecular formula is C10H4ClF2NO3. The Kier molecular flexibility index (Phi) is 2.81. The van der Waals surface area contributed by atoms with E-state index < -0.39 is 23.3 Å². The van der Waals surface area contributed by atoms with Crippen LogP contribution in [0.15, 0.2) is 22.8 Å². The fraction of sp³-hybridized carbons (Fsp3) is 0. The summed E-state index contributed by atoms with van der Waals surface area (Å²) in [5, 5.41) is 8.22. The summed E-state index contributed by atoms with van der Waals surface area (Å²) in [6, 6.07) is 1.55. The van der Waals surface area contributed by atoms with Crippen LogP contribution in [0, 0.1) is 11.6 Å². The summed E-state index contributed by atoms with van der Waals surface area (Å²) in [5.41, 5.74) is -0.686. The van der Waals surface area contributed by atoms with Crippen LogP contribution < -0.4 is 0 Å². The Morgan fingerprint density at radius 3 is 2.65 bits per heavy atom. The van der Waals surface area contributed by atoms with Crippen LogP contribution in [-0.2, 0) is 0 Å². The van der Waals surface area contributed by atoms with Gasteiger partial charge in [0.15, 0.2) is 5.69 Å². The fourth-order valence-corrected chi connectivity index (χ4v) is 1.33. The number of oxazole rings is 1. The lowest BCUT2D eigenvalue weighted by Crippen LogP contribution is -1.96. The number of carboxylic acids is 1. The molecule has 2 rings (SSSR count). The van der Waals surface area contributed by atoms with Gasteiger partial charge in [-0.2, -0.15) is 0 Å². The standard InChI is InChI=1S/C10H4ClF2NO3/c11-5-2-6(12)4(1-7(5)13)9-14-8(3-17-9)10(15)16/h1-3H,(H,15,16). The molecule has 0 radical (unpaired) electrons. The van der Waals surface area contributed by atoms with Crippen LogP contribution in [0.2, 0.25) is 5.02 Å². The molecule has 0 aliphatic heterocycles. The minimum absolute atomic E-state index is 0.292. The maximum Gasteiger partial charge on any atom is 0.357 e. The highest BCUT2D eigenvalue weighted by atomic mass is 35.5. The van der Waals surface area contributed by atoms with Gasteiger partial charge in [0, 0.05) is 0 Å². The van der Waals surface area contributed by atoms with E-state index in [2.05, 4.69) is 4.98 Å². The molecule has 0 aliphatic carbocycles. The molecule has 17 heavy (non-hydrogen) atoms. The first-order valence-corrected chi connectivity index (χ1v) is 4.70. The highest BCUT2D eigenvalue weighted by Crippen LogP contribution is 2.27. The third-order valence-electron chi connectivity index (χ3n) is 1.96. The van der Waals surface area contributed by atoms with Gasteiger partial charge in [-0.15, -0.1) is 0 Å². The minimum atomic E-state index is -1.32. The summed E-state index contributed by atoms with van der Waals surface area (Å²) in [7, 11) is 0. The number of hydrogen-bond donors (Lipinski definition) is 1. The molecule has 1 N–H and O–H groups in total. The van der Waals surface area contributed by atoms with Crippen molar-refractivity contribution in [3.05, 3.63) is 40.7 Å². The molecule has 0 amide bonds. The highest BCUT2D eigenvalue weighted by molar-refractivity contribution is 6.30. The van der Waals surface area contributed by atoms with Crippen molar-refractivity contribution in [3.8, 4) is 11.5 Å². The Labute approximate surface area is 98.5 Å². The lowest BCUT2D eigenvalue weighted by molar-refractivity contribution is 0.0690. The summed E-state index contributed by atoms with van der Waals surface area (Å²) in [6.07, 6.45) is 0.837. The Balaban J connectivity index is 2.52. The number of benzene rings is 1. The van der Waals surface area contributed by atoms with E-state index in [0.29, 0.717) is 0 Å². The molecule has 1 aromatic heterocycles. The van der Waals surface area contributed by atoms with Crippen LogP contribution in [0.5, 0.6) is 0 Å². The van der Waals surface area contributed by atoms with Crippen LogP contribution in [-0.4, -0.2) is 16.1 Å². The number of hydrogen-bond acceptors (Lipinski definition) is 3. The van der Waals surface area contributed by atoms with E-state index in [9.17, 15) is 13.6 Å². The van der Waals surface area contributed by atoms with Crippen molar-refractivity contribution >= 4 is 17.6 Å². The van der Waals surface area contributed by atoms with Gasteiger partial charge >= 0.3 is 5.97 Å². The van der Waals surface area contributed by atoms with Crippen LogP contribution in [0.25, 0.3) is 11.5 Å². The first-order chi connectivity index (χ1) is 7.99. The van der Waals surface area contributed by atoms with Gasteiger partial charge in [-0.25, -0.2) is 18.6 Å². The van der Waals surface area contributed by atoms with E-state index in [1.54, 1.807) is 0 Å². The van der Waals surface area contributed by atoms with Crippen molar-refractivity contribution in [1.82, 2.24) is 4.98 Å². The van der Waals surface area contributed by atoms with Gasteiger partial charge in [0.05, 0.1) is 10.6 Å². The van der Waals surface area contributed by atoms with E-state index in [-0.39, 0.29) is 16.5 Å². The molecule has 0 atom stereocenters. The first-order valence-electron chi connectivity index (χ1n) is 4.33. The average Bonchev–Trinajstić information content (AvgIpc) is 2.72. The Morgan fingerprint density at radius 2 is 2.06 bits per heavy atom. The first kappa shape index (κ1) is 11.5. The number of halogens is 3. The third kappa shape index (κ3) is 2.12. The number of rotatable bonds is 2. The quantitative estimate of drug-likeness (QED) is 0.842. The smallest absolute Gasteiger partial charge is 0.357 e. The topological polar surface area (TPSA) is 63.3 Å². The van der Waals surface area contributed by atoms with Crippen molar-refractivity contribution < 1.29 is 23.1 Å². The normalized spacial score (nSPS) is 10.5. The molecule has 88 valence electrons. The molecule has 0 unspecified atom stereocenters. The lowest BCUT2D eigenvalue weighted by Gasteiger charge is -2.00. The van der Waals surface area contributed by atoms with E-state index in [1.165, 1.54) is 0 Å². The largest absolute Gasteiger partial charge is 0.476 e. The van der Waals surface area contributed by atoms with Gasteiger partial charge < -0.3 is 9.52 Å². The Morgan fingerprint density at radius 1 is 1.35 bits per heavy atom. The van der Waals surface area contributed by atoms with Crippen LogP contribution >= 0.6 is 11.6 Å². The predicted molar refractivity (Wildman–Crippen MR) is 53.8 cm³/mol. The molecule has 0 spiro atoms. The van der Waals surface area contributed by atoms with Crippen LogP contribution in [0.3, 0.4) is 0 Å². The third-order valence-corrected chi connectivity index (χ3v) is 2.25. The van der Waals surface area contributed by atoms with Crippen molar-refractivity contribution in [3.63, 3.8) is 0 Å². The fourth-order valence-electron chi connectivity index (χ4n) is 1.18. The van der Waals surface area contributed by atoms with Crippen molar-refractivity contribution in [1.29, 1.82) is 0 Å². The number of nitrogens with zero attached hydrogens (tertiary/aromatic N) is 1. The average molecular weight is 260 g/mol. The second-order valence-corrected chi connectivity index (χ2v) is 3.50. The molecule has 1 heterocycles. The molecule has 4 nitrogen and oxygen atoms in total. The lowest BCUT2D eigenvalue weighted by atomic mass is 10.2. The van der Waals surface area contributed by atoms with Gasteiger partial charge in [0.1, 0.15) is 17.9 Å². The monoisotopic (exact) mass is 259 g/mol. The Bertz CT molecular complexity index is 597. The molecule has 0 saturated heterocycles. The second kappa shape index (κ2) is 4.14. The summed E-state index contributed by atoms with van der Waals surface area (Å²) in [4.78, 5) is 14.0. The highest BCUT2D eigenvalue weighted by Gasteiger charge is 2.17. The summed E-state index contributed by atoms with van der Waals surface area (Å²) in [5.74, 6) is -3.35. The maximum atomic E-state index is 13.4. The zero-order valence-electron chi connectivity index (χ0n) is 8.08. The van der Waals surface area contributed by atoms with Gasteiger partial charge in [0.25, 0.3) is 0 Å². The SMILES string of the molecule is O=C(O)c1coc(-c2cc(F)c(Cl)cc2F)n1. The number of carboxylic acid groups (broad SMARTS) is 1. The van der Waals surface area contributed by atoms with E-state index in [0.717, 1.165) is 18.4 Å². The molecule has 0 fully saturated rings. The molecule has 7 heteroatoms. The van der Waals surface area contributed by atoms with Crippen LogP contribution in [0.4, 0.5) is 8.78 Å². The second-order valence-electron chi connectivity index (χ2n) is 3.09.